The molecule has 0 saturated carbocycles. The maximum Gasteiger partial charge on any atom is 0.243 e. The molecule has 0 saturated heterocycles. The van der Waals surface area contributed by atoms with Gasteiger partial charge in [-0.25, -0.2) is 4.68 Å². The molecule has 2 aromatic rings. The van der Waals surface area contributed by atoms with Crippen LogP contribution in [0.1, 0.15) is 19.4 Å². The van der Waals surface area contributed by atoms with Gasteiger partial charge in [-0.3, -0.25) is 4.79 Å². The molecule has 0 aliphatic carbocycles. The summed E-state index contributed by atoms with van der Waals surface area (Å²) < 4.78 is 1.52. The number of nitrogens with zero attached hydrogens (tertiary/aromatic N) is 4. The molecule has 0 atom stereocenters. The summed E-state index contributed by atoms with van der Waals surface area (Å²) in [5, 5.41) is 13.8. The van der Waals surface area contributed by atoms with Gasteiger partial charge in [-0.05, 0) is 48.9 Å². The van der Waals surface area contributed by atoms with Crippen LogP contribution in [0.4, 0.5) is 5.69 Å². The number of rotatable bonds is 3. The Hall–Kier alpha value is -2.28. The fourth-order valence-corrected chi connectivity index (χ4v) is 1.45. The Morgan fingerprint density at radius 3 is 2.74 bits per heavy atom. The molecule has 1 heterocycles. The number of aryl methyl sites for hydroxylation is 1. The maximum absolute atomic E-state index is 11.9. The smallest absolute Gasteiger partial charge is 0.243 e. The number of anilines is 1. The Morgan fingerprint density at radius 1 is 1.42 bits per heavy atom. The Kier molecular flexibility index (Phi) is 3.30. The third-order valence-electron chi connectivity index (χ3n) is 2.67. The summed E-state index contributed by atoms with van der Waals surface area (Å²) in [6.45, 7) is 5.22. The number of benzene rings is 1. The standard InChI is InChI=1S/C12H16N6O/c1-8-4-5-9(18-7-14-16-17-18)6-10(8)15-11(19)12(2,3)13/h4-7H,13H2,1-3H3,(H,15,19). The van der Waals surface area contributed by atoms with E-state index in [1.54, 1.807) is 19.9 Å². The average molecular weight is 260 g/mol. The van der Waals surface area contributed by atoms with Gasteiger partial charge in [-0.2, -0.15) is 0 Å². The van der Waals surface area contributed by atoms with E-state index in [2.05, 4.69) is 20.8 Å². The number of amides is 1. The normalized spacial score (nSPS) is 11.4. The van der Waals surface area contributed by atoms with Crippen molar-refractivity contribution in [1.29, 1.82) is 0 Å². The molecule has 1 amide bonds. The van der Waals surface area contributed by atoms with Crippen LogP contribution >= 0.6 is 0 Å². The Labute approximate surface area is 110 Å². The van der Waals surface area contributed by atoms with E-state index in [0.717, 1.165) is 11.3 Å². The highest BCUT2D eigenvalue weighted by Gasteiger charge is 2.22. The van der Waals surface area contributed by atoms with Crippen LogP contribution < -0.4 is 11.1 Å². The predicted octanol–water partition coefficient (Wildman–Crippen LogP) is 0.647. The van der Waals surface area contributed by atoms with E-state index >= 15 is 0 Å². The van der Waals surface area contributed by atoms with E-state index in [1.165, 1.54) is 11.0 Å². The number of carbonyl (C=O) groups excluding carboxylic acids is 1. The number of nitrogens with two attached hydrogens (primary N) is 1. The summed E-state index contributed by atoms with van der Waals surface area (Å²) in [5.41, 5.74) is 7.22. The molecular weight excluding hydrogens is 244 g/mol. The summed E-state index contributed by atoms with van der Waals surface area (Å²) in [7, 11) is 0. The minimum absolute atomic E-state index is 0.246. The van der Waals surface area contributed by atoms with Gasteiger partial charge in [0, 0.05) is 5.69 Å². The number of hydrogen-bond donors (Lipinski definition) is 2. The molecule has 0 aliphatic rings. The van der Waals surface area contributed by atoms with Crippen molar-refractivity contribution in [2.45, 2.75) is 26.3 Å². The maximum atomic E-state index is 11.9. The van der Waals surface area contributed by atoms with Crippen LogP contribution in [-0.2, 0) is 4.79 Å². The lowest BCUT2D eigenvalue weighted by atomic mass is 10.1. The minimum Gasteiger partial charge on any atom is -0.324 e. The second kappa shape index (κ2) is 4.77. The first-order valence-electron chi connectivity index (χ1n) is 5.82. The van der Waals surface area contributed by atoms with Gasteiger partial charge in [0.05, 0.1) is 11.2 Å². The van der Waals surface area contributed by atoms with Gasteiger partial charge in [-0.1, -0.05) is 6.07 Å². The van der Waals surface area contributed by atoms with Crippen LogP contribution in [0.5, 0.6) is 0 Å². The molecule has 0 bridgehead atoms. The van der Waals surface area contributed by atoms with E-state index in [4.69, 9.17) is 5.73 Å². The zero-order chi connectivity index (χ0) is 14.0. The van der Waals surface area contributed by atoms with Crippen LogP contribution in [-0.4, -0.2) is 31.7 Å². The third kappa shape index (κ3) is 2.94. The number of nitrogens with one attached hydrogen (secondary N) is 1. The van der Waals surface area contributed by atoms with Crippen LogP contribution in [0.25, 0.3) is 5.69 Å². The summed E-state index contributed by atoms with van der Waals surface area (Å²) in [6, 6.07) is 5.56. The third-order valence-corrected chi connectivity index (χ3v) is 2.67. The monoisotopic (exact) mass is 260 g/mol. The summed E-state index contributed by atoms with van der Waals surface area (Å²) in [5.74, 6) is -0.246. The molecule has 19 heavy (non-hydrogen) atoms. The first-order chi connectivity index (χ1) is 8.88. The lowest BCUT2D eigenvalue weighted by Crippen LogP contribution is -2.45. The second-order valence-electron chi connectivity index (χ2n) is 4.93. The number of carbonyl (C=O) groups is 1. The molecule has 7 heteroatoms. The molecule has 1 aromatic heterocycles. The van der Waals surface area contributed by atoms with Gasteiger partial charge in [0.2, 0.25) is 5.91 Å². The van der Waals surface area contributed by atoms with Crippen LogP contribution in [0, 0.1) is 6.92 Å². The lowest BCUT2D eigenvalue weighted by Gasteiger charge is -2.19. The Bertz CT molecular complexity index is 585. The fraction of sp³-hybridized carbons (Fsp3) is 0.333. The van der Waals surface area contributed by atoms with Crippen molar-refractivity contribution in [1.82, 2.24) is 20.2 Å². The summed E-state index contributed by atoms with van der Waals surface area (Å²) in [6.07, 6.45) is 1.49. The molecule has 0 unspecified atom stereocenters. The van der Waals surface area contributed by atoms with Gasteiger partial charge in [0.25, 0.3) is 0 Å². The Balaban J connectivity index is 2.31. The van der Waals surface area contributed by atoms with E-state index in [9.17, 15) is 4.79 Å². The molecule has 3 N–H and O–H groups in total. The van der Waals surface area contributed by atoms with Gasteiger partial charge in [-0.15, -0.1) is 5.10 Å². The largest absolute Gasteiger partial charge is 0.324 e. The average Bonchev–Trinajstić information content (AvgIpc) is 2.84. The SMILES string of the molecule is Cc1ccc(-n2cnnn2)cc1NC(=O)C(C)(C)N. The van der Waals surface area contributed by atoms with E-state index in [1.807, 2.05) is 19.1 Å². The first kappa shape index (κ1) is 13.2. The van der Waals surface area contributed by atoms with Crippen molar-refractivity contribution in [2.75, 3.05) is 5.32 Å². The van der Waals surface area contributed by atoms with Crippen molar-refractivity contribution in [3.8, 4) is 5.69 Å². The highest BCUT2D eigenvalue weighted by Crippen LogP contribution is 2.19. The van der Waals surface area contributed by atoms with Crippen LogP contribution in [0.2, 0.25) is 0 Å². The second-order valence-corrected chi connectivity index (χ2v) is 4.93. The molecule has 100 valence electrons. The summed E-state index contributed by atoms with van der Waals surface area (Å²) >= 11 is 0. The van der Waals surface area contributed by atoms with E-state index < -0.39 is 5.54 Å². The molecule has 0 radical (unpaired) electrons. The fourth-order valence-electron chi connectivity index (χ4n) is 1.45. The number of aromatic nitrogens is 4. The molecule has 7 nitrogen and oxygen atoms in total. The number of tetrazole rings is 1. The van der Waals surface area contributed by atoms with Crippen molar-refractivity contribution in [2.24, 2.45) is 5.73 Å². The van der Waals surface area contributed by atoms with E-state index in [-0.39, 0.29) is 5.91 Å². The summed E-state index contributed by atoms with van der Waals surface area (Å²) in [4.78, 5) is 11.9. The minimum atomic E-state index is -0.933. The van der Waals surface area contributed by atoms with Crippen molar-refractivity contribution in [3.05, 3.63) is 30.1 Å². The molecule has 0 aliphatic heterocycles. The van der Waals surface area contributed by atoms with Gasteiger partial charge in [0.1, 0.15) is 6.33 Å². The first-order valence-corrected chi connectivity index (χ1v) is 5.82. The predicted molar refractivity (Wildman–Crippen MR) is 70.8 cm³/mol. The van der Waals surface area contributed by atoms with Gasteiger partial charge < -0.3 is 11.1 Å². The van der Waals surface area contributed by atoms with Gasteiger partial charge in [0.15, 0.2) is 0 Å². The topological polar surface area (TPSA) is 98.7 Å². The lowest BCUT2D eigenvalue weighted by molar-refractivity contribution is -0.120. The number of hydrogen-bond acceptors (Lipinski definition) is 5. The van der Waals surface area contributed by atoms with Crippen LogP contribution in [0.3, 0.4) is 0 Å². The molecule has 1 aromatic carbocycles. The highest BCUT2D eigenvalue weighted by molar-refractivity contribution is 5.98. The van der Waals surface area contributed by atoms with Crippen molar-refractivity contribution < 1.29 is 4.79 Å². The quantitative estimate of drug-likeness (QED) is 0.844. The zero-order valence-electron chi connectivity index (χ0n) is 11.1. The Morgan fingerprint density at radius 2 is 2.16 bits per heavy atom. The molecule has 2 rings (SSSR count). The van der Waals surface area contributed by atoms with E-state index in [0.29, 0.717) is 5.69 Å². The van der Waals surface area contributed by atoms with Crippen molar-refractivity contribution in [3.63, 3.8) is 0 Å². The zero-order valence-corrected chi connectivity index (χ0v) is 11.1. The van der Waals surface area contributed by atoms with Crippen LogP contribution in [0.15, 0.2) is 24.5 Å². The molecular formula is C12H16N6O. The molecule has 0 spiro atoms. The van der Waals surface area contributed by atoms with Gasteiger partial charge >= 0.3 is 0 Å². The molecule has 0 fully saturated rings. The van der Waals surface area contributed by atoms with Crippen molar-refractivity contribution >= 4 is 11.6 Å². The highest BCUT2D eigenvalue weighted by atomic mass is 16.2.